The Kier molecular flexibility index (Phi) is 2.66. The highest BCUT2D eigenvalue weighted by Crippen LogP contribution is 1.95. The lowest BCUT2D eigenvalue weighted by Gasteiger charge is -2.03. The molecule has 4 heteroatoms. The summed E-state index contributed by atoms with van der Waals surface area (Å²) in [6.07, 6.45) is 1.72. The fourth-order valence-corrected chi connectivity index (χ4v) is 0.563. The van der Waals surface area contributed by atoms with Crippen LogP contribution in [0.25, 0.3) is 0 Å². The van der Waals surface area contributed by atoms with Crippen molar-refractivity contribution in [2.75, 3.05) is 12.5 Å². The molecule has 0 unspecified atom stereocenters. The summed E-state index contributed by atoms with van der Waals surface area (Å²) >= 11 is 0. The Morgan fingerprint density at radius 2 is 2.30 bits per heavy atom. The zero-order valence-electron chi connectivity index (χ0n) is 5.76. The third kappa shape index (κ3) is 2.00. The van der Waals surface area contributed by atoms with E-state index >= 15 is 0 Å². The van der Waals surface area contributed by atoms with Crippen LogP contribution in [0.15, 0.2) is 24.4 Å². The molecule has 0 saturated carbocycles. The van der Waals surface area contributed by atoms with Gasteiger partial charge in [-0.05, 0) is 12.1 Å². The van der Waals surface area contributed by atoms with Crippen molar-refractivity contribution in [2.45, 2.75) is 0 Å². The number of nitrogens with one attached hydrogen (secondary N) is 3. The Morgan fingerprint density at radius 1 is 1.40 bits per heavy atom. The van der Waals surface area contributed by atoms with E-state index in [1.165, 1.54) is 0 Å². The number of aromatic nitrogens is 1. The number of hydrogen-bond donors (Lipinski definition) is 3. The van der Waals surface area contributed by atoms with Gasteiger partial charge < -0.3 is 0 Å². The van der Waals surface area contributed by atoms with Crippen molar-refractivity contribution in [3.05, 3.63) is 24.4 Å². The van der Waals surface area contributed by atoms with Crippen LogP contribution in [0.2, 0.25) is 0 Å². The second-order valence-electron chi connectivity index (χ2n) is 1.71. The molecule has 1 aromatic rings. The lowest BCUT2D eigenvalue weighted by atomic mass is 10.5. The van der Waals surface area contributed by atoms with Crippen molar-refractivity contribution in [2.24, 2.45) is 0 Å². The van der Waals surface area contributed by atoms with Gasteiger partial charge in [0.1, 0.15) is 5.82 Å². The van der Waals surface area contributed by atoms with Crippen molar-refractivity contribution in [1.82, 2.24) is 15.9 Å². The molecular formula is C6H10N4. The maximum absolute atomic E-state index is 4.00. The van der Waals surface area contributed by atoms with Crippen LogP contribution in [0, 0.1) is 0 Å². The SMILES string of the molecule is CNNNc1ccccn1. The second kappa shape index (κ2) is 3.81. The van der Waals surface area contributed by atoms with Gasteiger partial charge in [-0.2, -0.15) is 5.53 Å². The summed E-state index contributed by atoms with van der Waals surface area (Å²) in [5.41, 5.74) is 8.24. The predicted molar refractivity (Wildman–Crippen MR) is 40.1 cm³/mol. The highest BCUT2D eigenvalue weighted by atomic mass is 15.6. The Bertz CT molecular complexity index is 174. The highest BCUT2D eigenvalue weighted by molar-refractivity contribution is 5.31. The molecular weight excluding hydrogens is 128 g/mol. The highest BCUT2D eigenvalue weighted by Gasteiger charge is 1.84. The second-order valence-corrected chi connectivity index (χ2v) is 1.71. The van der Waals surface area contributed by atoms with Gasteiger partial charge in [-0.1, -0.05) is 6.07 Å². The van der Waals surface area contributed by atoms with Crippen LogP contribution in [0.1, 0.15) is 0 Å². The Labute approximate surface area is 59.6 Å². The molecule has 54 valence electrons. The maximum Gasteiger partial charge on any atom is 0.141 e. The number of nitrogens with zero attached hydrogens (tertiary/aromatic N) is 1. The van der Waals surface area contributed by atoms with E-state index in [0.717, 1.165) is 5.82 Å². The van der Waals surface area contributed by atoms with Crippen LogP contribution in [-0.2, 0) is 0 Å². The molecule has 10 heavy (non-hydrogen) atoms. The van der Waals surface area contributed by atoms with Gasteiger partial charge in [-0.25, -0.2) is 10.4 Å². The average Bonchev–Trinajstić information content (AvgIpc) is 2.03. The van der Waals surface area contributed by atoms with E-state index in [9.17, 15) is 0 Å². The molecule has 0 spiro atoms. The van der Waals surface area contributed by atoms with Crippen LogP contribution >= 0.6 is 0 Å². The van der Waals surface area contributed by atoms with Gasteiger partial charge >= 0.3 is 0 Å². The van der Waals surface area contributed by atoms with Crippen molar-refractivity contribution in [3.8, 4) is 0 Å². The van der Waals surface area contributed by atoms with Gasteiger partial charge in [0.25, 0.3) is 0 Å². The van der Waals surface area contributed by atoms with E-state index in [2.05, 4.69) is 21.4 Å². The molecule has 1 heterocycles. The number of rotatable bonds is 3. The zero-order chi connectivity index (χ0) is 7.23. The van der Waals surface area contributed by atoms with Gasteiger partial charge in [0, 0.05) is 13.2 Å². The molecule has 3 N–H and O–H groups in total. The third-order valence-electron chi connectivity index (χ3n) is 0.980. The molecule has 0 amide bonds. The van der Waals surface area contributed by atoms with Crippen LogP contribution in [-0.4, -0.2) is 12.0 Å². The first-order valence-electron chi connectivity index (χ1n) is 3.02. The standard InChI is InChI=1S/C6H10N4/c1-7-10-9-6-4-2-3-5-8-6/h2-5,7,10H,1H3,(H,8,9). The summed E-state index contributed by atoms with van der Waals surface area (Å²) in [5.74, 6) is 0.789. The smallest absolute Gasteiger partial charge is 0.141 e. The van der Waals surface area contributed by atoms with E-state index in [0.29, 0.717) is 0 Å². The average molecular weight is 138 g/mol. The molecule has 0 radical (unpaired) electrons. The minimum atomic E-state index is 0.789. The molecule has 1 aromatic heterocycles. The molecule has 0 aliphatic rings. The van der Waals surface area contributed by atoms with Crippen molar-refractivity contribution in [3.63, 3.8) is 0 Å². The molecule has 0 bridgehead atoms. The monoisotopic (exact) mass is 138 g/mol. The quantitative estimate of drug-likeness (QED) is 0.520. The fourth-order valence-electron chi connectivity index (χ4n) is 0.563. The summed E-state index contributed by atoms with van der Waals surface area (Å²) in [6, 6.07) is 5.64. The number of hydrogen-bond acceptors (Lipinski definition) is 4. The summed E-state index contributed by atoms with van der Waals surface area (Å²) < 4.78 is 0. The van der Waals surface area contributed by atoms with Gasteiger partial charge in [-0.15, -0.1) is 0 Å². The molecule has 1 rings (SSSR count). The predicted octanol–water partition coefficient (Wildman–Crippen LogP) is 0.132. The Hall–Kier alpha value is -1.13. The summed E-state index contributed by atoms with van der Waals surface area (Å²) in [7, 11) is 1.77. The zero-order valence-corrected chi connectivity index (χ0v) is 5.76. The Morgan fingerprint density at radius 3 is 2.90 bits per heavy atom. The summed E-state index contributed by atoms with van der Waals surface area (Å²) in [6.45, 7) is 0. The lowest BCUT2D eigenvalue weighted by Crippen LogP contribution is -2.33. The first kappa shape index (κ1) is 6.98. The van der Waals surface area contributed by atoms with Crippen LogP contribution < -0.4 is 16.4 Å². The first-order valence-corrected chi connectivity index (χ1v) is 3.02. The van der Waals surface area contributed by atoms with Gasteiger partial charge in [0.2, 0.25) is 0 Å². The first-order chi connectivity index (χ1) is 4.93. The van der Waals surface area contributed by atoms with E-state index < -0.39 is 0 Å². The maximum atomic E-state index is 4.00. The molecule has 0 aromatic carbocycles. The minimum absolute atomic E-state index is 0.789. The normalized spacial score (nSPS) is 9.30. The van der Waals surface area contributed by atoms with Gasteiger partial charge in [0.05, 0.1) is 0 Å². The molecule has 0 fully saturated rings. The molecule has 0 aliphatic heterocycles. The van der Waals surface area contributed by atoms with Crippen molar-refractivity contribution < 1.29 is 0 Å². The molecule has 4 nitrogen and oxygen atoms in total. The topological polar surface area (TPSA) is 49.0 Å². The molecule has 0 atom stereocenters. The third-order valence-corrected chi connectivity index (χ3v) is 0.980. The van der Waals surface area contributed by atoms with E-state index in [4.69, 9.17) is 0 Å². The number of anilines is 1. The Balaban J connectivity index is 2.43. The van der Waals surface area contributed by atoms with Crippen LogP contribution in [0.4, 0.5) is 5.82 Å². The van der Waals surface area contributed by atoms with Crippen LogP contribution in [0.3, 0.4) is 0 Å². The van der Waals surface area contributed by atoms with Crippen molar-refractivity contribution >= 4 is 5.82 Å². The number of hydrazine groups is 2. The van der Waals surface area contributed by atoms with E-state index in [1.807, 2.05) is 18.2 Å². The molecule has 0 aliphatic carbocycles. The van der Waals surface area contributed by atoms with Crippen LogP contribution in [0.5, 0.6) is 0 Å². The summed E-state index contributed by atoms with van der Waals surface area (Å²) in [4.78, 5) is 4.00. The van der Waals surface area contributed by atoms with E-state index in [-0.39, 0.29) is 0 Å². The van der Waals surface area contributed by atoms with Gasteiger partial charge in [0.15, 0.2) is 0 Å². The largest absolute Gasteiger partial charge is 0.292 e. The van der Waals surface area contributed by atoms with Gasteiger partial charge in [-0.3, -0.25) is 5.43 Å². The molecule has 0 saturated heterocycles. The summed E-state index contributed by atoms with van der Waals surface area (Å²) in [5, 5.41) is 0. The fraction of sp³-hybridized carbons (Fsp3) is 0.167. The number of pyridine rings is 1. The minimum Gasteiger partial charge on any atom is -0.292 e. The van der Waals surface area contributed by atoms with E-state index in [1.54, 1.807) is 13.2 Å². The van der Waals surface area contributed by atoms with Crippen molar-refractivity contribution in [1.29, 1.82) is 0 Å². The lowest BCUT2D eigenvalue weighted by molar-refractivity contribution is 0.675.